The van der Waals surface area contributed by atoms with Gasteiger partial charge in [0.2, 0.25) is 11.0 Å². The zero-order chi connectivity index (χ0) is 18.9. The molecule has 1 heterocycles. The normalized spacial score (nSPS) is 10.2. The minimum Gasteiger partial charge on any atom is -0.457 e. The number of aromatic nitrogens is 2. The van der Waals surface area contributed by atoms with Crippen LogP contribution < -0.4 is 15.4 Å². The van der Waals surface area contributed by atoms with Crippen LogP contribution in [0.5, 0.6) is 11.5 Å². The van der Waals surface area contributed by atoms with Gasteiger partial charge in [-0.05, 0) is 36.4 Å². The van der Waals surface area contributed by atoms with E-state index in [4.69, 9.17) is 4.74 Å². The molecule has 3 rings (SSSR count). The molecule has 0 atom stereocenters. The van der Waals surface area contributed by atoms with Crippen molar-refractivity contribution in [2.24, 2.45) is 0 Å². The number of hydrogen-bond acceptors (Lipinski definition) is 7. The number of carbonyl (C=O) groups excluding carboxylic acids is 1. The van der Waals surface area contributed by atoms with Gasteiger partial charge in [-0.2, -0.15) is 0 Å². The Bertz CT molecular complexity index is 882. The number of rotatable bonds is 9. The quantitative estimate of drug-likeness (QED) is 0.409. The molecule has 0 unspecified atom stereocenters. The highest BCUT2D eigenvalue weighted by Crippen LogP contribution is 2.29. The topological polar surface area (TPSA) is 76.1 Å². The molecule has 27 heavy (non-hydrogen) atoms. The van der Waals surface area contributed by atoms with Crippen LogP contribution in [0.3, 0.4) is 0 Å². The highest BCUT2D eigenvalue weighted by atomic mass is 32.2. The van der Waals surface area contributed by atoms with Gasteiger partial charge in [0.1, 0.15) is 11.5 Å². The predicted molar refractivity (Wildman–Crippen MR) is 110 cm³/mol. The molecule has 0 radical (unpaired) electrons. The summed E-state index contributed by atoms with van der Waals surface area (Å²) in [5.74, 6) is 1.79. The summed E-state index contributed by atoms with van der Waals surface area (Å²) in [6.07, 6.45) is 1.64. The van der Waals surface area contributed by atoms with Crippen molar-refractivity contribution in [3.63, 3.8) is 0 Å². The lowest BCUT2D eigenvalue weighted by Gasteiger charge is -2.06. The summed E-state index contributed by atoms with van der Waals surface area (Å²) in [5, 5.41) is 14.8. The van der Waals surface area contributed by atoms with Crippen molar-refractivity contribution in [2.45, 2.75) is 4.34 Å². The first-order valence-electron chi connectivity index (χ1n) is 8.17. The average Bonchev–Trinajstić information content (AvgIpc) is 3.14. The maximum atomic E-state index is 11.6. The smallest absolute Gasteiger partial charge is 0.230 e. The Labute approximate surface area is 165 Å². The van der Waals surface area contributed by atoms with Gasteiger partial charge in [-0.1, -0.05) is 47.4 Å². The van der Waals surface area contributed by atoms with Crippen molar-refractivity contribution in [3.8, 4) is 11.5 Å². The van der Waals surface area contributed by atoms with E-state index in [0.29, 0.717) is 17.4 Å². The molecule has 0 spiro atoms. The molecule has 1 aromatic heterocycles. The van der Waals surface area contributed by atoms with Gasteiger partial charge in [0.25, 0.3) is 0 Å². The van der Waals surface area contributed by atoms with E-state index >= 15 is 0 Å². The third kappa shape index (κ3) is 6.12. The van der Waals surface area contributed by atoms with E-state index in [1.54, 1.807) is 6.08 Å². The van der Waals surface area contributed by atoms with Gasteiger partial charge in [-0.3, -0.25) is 4.79 Å². The summed E-state index contributed by atoms with van der Waals surface area (Å²) in [6.45, 7) is 4.03. The fourth-order valence-corrected chi connectivity index (χ4v) is 3.64. The van der Waals surface area contributed by atoms with Gasteiger partial charge >= 0.3 is 0 Å². The molecule has 2 N–H and O–H groups in total. The van der Waals surface area contributed by atoms with Crippen LogP contribution >= 0.6 is 23.1 Å². The maximum absolute atomic E-state index is 11.6. The van der Waals surface area contributed by atoms with E-state index < -0.39 is 0 Å². The largest absolute Gasteiger partial charge is 0.457 e. The summed E-state index contributed by atoms with van der Waals surface area (Å²) in [6, 6.07) is 17.2. The van der Waals surface area contributed by atoms with E-state index in [0.717, 1.165) is 21.5 Å². The SMILES string of the molecule is C=CCNC(=O)CSc1nnc(Nc2ccc(Oc3ccccc3)cc2)s1. The third-order valence-corrected chi connectivity index (χ3v) is 5.23. The molecular weight excluding hydrogens is 380 g/mol. The van der Waals surface area contributed by atoms with Crippen LogP contribution in [-0.2, 0) is 4.79 Å². The first-order chi connectivity index (χ1) is 13.2. The Kier molecular flexibility index (Phi) is 6.84. The van der Waals surface area contributed by atoms with Crippen molar-refractivity contribution in [1.82, 2.24) is 15.5 Å². The maximum Gasteiger partial charge on any atom is 0.230 e. The lowest BCUT2D eigenvalue weighted by Crippen LogP contribution is -2.24. The zero-order valence-electron chi connectivity index (χ0n) is 14.4. The van der Waals surface area contributed by atoms with Gasteiger partial charge in [0, 0.05) is 12.2 Å². The van der Waals surface area contributed by atoms with Crippen LogP contribution in [-0.4, -0.2) is 28.4 Å². The molecule has 0 saturated heterocycles. The van der Waals surface area contributed by atoms with Gasteiger partial charge in [0.15, 0.2) is 4.34 Å². The predicted octanol–water partition coefficient (Wildman–Crippen LogP) is 4.47. The number of nitrogens with one attached hydrogen (secondary N) is 2. The van der Waals surface area contributed by atoms with Crippen LogP contribution in [0.4, 0.5) is 10.8 Å². The van der Waals surface area contributed by atoms with Gasteiger partial charge < -0.3 is 15.4 Å². The van der Waals surface area contributed by atoms with Crippen LogP contribution in [0.25, 0.3) is 0 Å². The summed E-state index contributed by atoms with van der Waals surface area (Å²) in [7, 11) is 0. The van der Waals surface area contributed by atoms with Crippen molar-refractivity contribution >= 4 is 39.8 Å². The summed E-state index contributed by atoms with van der Waals surface area (Å²) < 4.78 is 6.50. The summed E-state index contributed by atoms with van der Waals surface area (Å²) >= 11 is 2.75. The van der Waals surface area contributed by atoms with Crippen LogP contribution in [0.2, 0.25) is 0 Å². The number of para-hydroxylation sites is 1. The molecule has 0 saturated carbocycles. The summed E-state index contributed by atoms with van der Waals surface area (Å²) in [4.78, 5) is 11.6. The lowest BCUT2D eigenvalue weighted by molar-refractivity contribution is -0.118. The molecule has 2 aromatic carbocycles. The Balaban J connectivity index is 1.51. The molecule has 3 aromatic rings. The number of amides is 1. The van der Waals surface area contributed by atoms with Gasteiger partial charge in [-0.25, -0.2) is 0 Å². The first-order valence-corrected chi connectivity index (χ1v) is 9.97. The zero-order valence-corrected chi connectivity index (χ0v) is 16.1. The molecule has 6 nitrogen and oxygen atoms in total. The van der Waals surface area contributed by atoms with Crippen molar-refractivity contribution in [1.29, 1.82) is 0 Å². The lowest BCUT2D eigenvalue weighted by atomic mass is 10.3. The molecule has 0 fully saturated rings. The molecule has 138 valence electrons. The number of benzene rings is 2. The van der Waals surface area contributed by atoms with Crippen molar-refractivity contribution in [2.75, 3.05) is 17.6 Å². The van der Waals surface area contributed by atoms with E-state index in [2.05, 4.69) is 27.4 Å². The second-order valence-corrected chi connectivity index (χ2v) is 7.52. The fourth-order valence-electron chi connectivity index (χ4n) is 2.04. The van der Waals surface area contributed by atoms with E-state index in [-0.39, 0.29) is 5.91 Å². The highest BCUT2D eigenvalue weighted by Gasteiger charge is 2.08. The van der Waals surface area contributed by atoms with Crippen LogP contribution in [0.15, 0.2) is 71.6 Å². The minimum absolute atomic E-state index is 0.0568. The van der Waals surface area contributed by atoms with Gasteiger partial charge in [-0.15, -0.1) is 16.8 Å². The molecule has 1 amide bonds. The van der Waals surface area contributed by atoms with E-state index in [1.165, 1.54) is 23.1 Å². The van der Waals surface area contributed by atoms with Crippen LogP contribution in [0.1, 0.15) is 0 Å². The van der Waals surface area contributed by atoms with Crippen molar-refractivity contribution in [3.05, 3.63) is 67.3 Å². The minimum atomic E-state index is -0.0568. The second-order valence-electron chi connectivity index (χ2n) is 5.32. The molecular formula is C19H18N4O2S2. The van der Waals surface area contributed by atoms with Crippen LogP contribution in [0, 0.1) is 0 Å². The molecule has 0 aliphatic rings. The van der Waals surface area contributed by atoms with Crippen molar-refractivity contribution < 1.29 is 9.53 Å². The third-order valence-electron chi connectivity index (χ3n) is 3.26. The number of thioether (sulfide) groups is 1. The average molecular weight is 399 g/mol. The monoisotopic (exact) mass is 398 g/mol. The summed E-state index contributed by atoms with van der Waals surface area (Å²) in [5.41, 5.74) is 0.881. The number of ether oxygens (including phenoxy) is 1. The second kappa shape index (κ2) is 9.75. The Morgan fingerprint density at radius 1 is 1.11 bits per heavy atom. The molecule has 0 bridgehead atoms. The molecule has 8 heteroatoms. The van der Waals surface area contributed by atoms with E-state index in [1.807, 2.05) is 54.6 Å². The number of anilines is 2. The molecule has 0 aliphatic heterocycles. The number of nitrogens with zero attached hydrogens (tertiary/aromatic N) is 2. The molecule has 0 aliphatic carbocycles. The van der Waals surface area contributed by atoms with E-state index in [9.17, 15) is 4.79 Å². The number of carbonyl (C=O) groups is 1. The highest BCUT2D eigenvalue weighted by molar-refractivity contribution is 8.01. The first kappa shape index (κ1) is 18.9. The standard InChI is InChI=1S/C19H18N4O2S2/c1-2-12-20-17(24)13-26-19-23-22-18(27-19)21-14-8-10-16(11-9-14)25-15-6-4-3-5-7-15/h2-11H,1,12-13H2,(H,20,24)(H,21,22). The Morgan fingerprint density at radius 3 is 2.59 bits per heavy atom. The Hall–Kier alpha value is -2.84. The number of hydrogen-bond donors (Lipinski definition) is 2. The fraction of sp³-hybridized carbons (Fsp3) is 0.105. The Morgan fingerprint density at radius 2 is 1.85 bits per heavy atom. The van der Waals surface area contributed by atoms with Gasteiger partial charge in [0.05, 0.1) is 5.75 Å².